The number of methoxy groups -OCH3 is 2. The van der Waals surface area contributed by atoms with Gasteiger partial charge in [-0.3, -0.25) is 0 Å². The largest absolute Gasteiger partial charge is 0.493 e. The number of nitrogens with two attached hydrogens (primary N) is 1. The number of hydrogen-bond donors (Lipinski definition) is 3. The Kier molecular flexibility index (Phi) is 6.73. The van der Waals surface area contributed by atoms with Gasteiger partial charge in [0.1, 0.15) is 12.0 Å². The van der Waals surface area contributed by atoms with Crippen molar-refractivity contribution in [2.75, 3.05) is 37.1 Å². The molecule has 0 spiro atoms. The van der Waals surface area contributed by atoms with E-state index in [1.165, 1.54) is 11.9 Å². The van der Waals surface area contributed by atoms with Gasteiger partial charge >= 0.3 is 0 Å². The molecule has 1 aromatic heterocycles. The van der Waals surface area contributed by atoms with E-state index in [1.807, 2.05) is 18.2 Å². The first kappa shape index (κ1) is 20.3. The number of nitrogens with zero attached hydrogens (tertiary/aromatic N) is 2. The van der Waals surface area contributed by atoms with Crippen LogP contribution in [0.1, 0.15) is 16.7 Å². The summed E-state index contributed by atoms with van der Waals surface area (Å²) in [5.74, 6) is 2.67. The summed E-state index contributed by atoms with van der Waals surface area (Å²) in [4.78, 5) is 8.53. The Bertz CT molecular complexity index is 944. The molecule has 7 heteroatoms. The number of nitrogens with one attached hydrogen (secondary N) is 2. The second-order valence-electron chi connectivity index (χ2n) is 6.69. The highest BCUT2D eigenvalue weighted by molar-refractivity contribution is 5.74. The first-order valence-electron chi connectivity index (χ1n) is 9.45. The van der Waals surface area contributed by atoms with Gasteiger partial charge in [-0.25, -0.2) is 9.97 Å². The third-order valence-corrected chi connectivity index (χ3v) is 4.62. The summed E-state index contributed by atoms with van der Waals surface area (Å²) in [6, 6.07) is 14.2. The van der Waals surface area contributed by atoms with Gasteiger partial charge in [0, 0.05) is 13.1 Å². The molecule has 0 saturated heterocycles. The monoisotopic (exact) mass is 393 g/mol. The predicted octanol–water partition coefficient (Wildman–Crippen LogP) is 3.65. The van der Waals surface area contributed by atoms with Crippen molar-refractivity contribution < 1.29 is 9.47 Å². The first-order chi connectivity index (χ1) is 14.1. The Morgan fingerprint density at radius 2 is 1.52 bits per heavy atom. The zero-order valence-corrected chi connectivity index (χ0v) is 17.0. The topological polar surface area (TPSA) is 94.3 Å². The zero-order valence-electron chi connectivity index (χ0n) is 17.0. The second kappa shape index (κ2) is 9.64. The lowest BCUT2D eigenvalue weighted by Crippen LogP contribution is -2.12. The molecule has 7 nitrogen and oxygen atoms in total. The van der Waals surface area contributed by atoms with Crippen molar-refractivity contribution in [3.63, 3.8) is 0 Å². The van der Waals surface area contributed by atoms with Crippen LogP contribution in [0.4, 0.5) is 17.3 Å². The summed E-state index contributed by atoms with van der Waals surface area (Å²) in [6.45, 7) is 3.39. The molecule has 29 heavy (non-hydrogen) atoms. The van der Waals surface area contributed by atoms with Crippen LogP contribution in [0.25, 0.3) is 0 Å². The highest BCUT2D eigenvalue weighted by atomic mass is 16.5. The molecule has 1 heterocycles. The van der Waals surface area contributed by atoms with E-state index in [4.69, 9.17) is 15.2 Å². The van der Waals surface area contributed by atoms with Crippen molar-refractivity contribution in [2.45, 2.75) is 19.9 Å². The molecule has 2 aromatic carbocycles. The lowest BCUT2D eigenvalue weighted by Gasteiger charge is -2.13. The average molecular weight is 393 g/mol. The number of nitrogen functional groups attached to an aromatic ring is 1. The average Bonchev–Trinajstić information content (AvgIpc) is 2.75. The summed E-state index contributed by atoms with van der Waals surface area (Å²) in [6.07, 6.45) is 2.29. The number of aryl methyl sites for hydroxylation is 1. The van der Waals surface area contributed by atoms with Gasteiger partial charge in [-0.05, 0) is 36.6 Å². The minimum atomic E-state index is 0.506. The van der Waals surface area contributed by atoms with Gasteiger partial charge in [-0.15, -0.1) is 0 Å². The lowest BCUT2D eigenvalue weighted by atomic mass is 10.1. The van der Waals surface area contributed by atoms with E-state index in [9.17, 15) is 0 Å². The van der Waals surface area contributed by atoms with E-state index in [0.29, 0.717) is 41.9 Å². The molecule has 0 saturated carbocycles. The molecule has 0 unspecified atom stereocenters. The minimum absolute atomic E-state index is 0.506. The molecule has 0 bridgehead atoms. The van der Waals surface area contributed by atoms with Crippen LogP contribution in [0.5, 0.6) is 11.5 Å². The van der Waals surface area contributed by atoms with Crippen LogP contribution >= 0.6 is 0 Å². The van der Waals surface area contributed by atoms with E-state index in [0.717, 1.165) is 17.5 Å². The quantitative estimate of drug-likeness (QED) is 0.511. The van der Waals surface area contributed by atoms with Crippen LogP contribution < -0.4 is 25.8 Å². The Balaban J connectivity index is 1.58. The number of aromatic nitrogens is 2. The Labute approximate surface area is 171 Å². The fourth-order valence-corrected chi connectivity index (χ4v) is 2.93. The van der Waals surface area contributed by atoms with E-state index >= 15 is 0 Å². The van der Waals surface area contributed by atoms with Crippen molar-refractivity contribution in [3.8, 4) is 11.5 Å². The molecule has 0 aliphatic rings. The molecule has 152 valence electrons. The fraction of sp³-hybridized carbons (Fsp3) is 0.273. The minimum Gasteiger partial charge on any atom is -0.493 e. The van der Waals surface area contributed by atoms with Gasteiger partial charge in [0.05, 0.1) is 14.2 Å². The van der Waals surface area contributed by atoms with E-state index in [1.54, 1.807) is 14.2 Å². The number of benzene rings is 2. The molecule has 0 aliphatic heterocycles. The fourth-order valence-electron chi connectivity index (χ4n) is 2.93. The standard InChI is InChI=1S/C22H27N5O2/c1-15-4-6-17(7-5-15)13-25-22-20(23)21(26-14-27-22)24-11-10-16-8-9-18(28-2)19(12-16)29-3/h4-9,12,14H,10-11,13,23H2,1-3H3,(H2,24,25,26,27). The molecule has 0 fully saturated rings. The smallest absolute Gasteiger partial charge is 0.160 e. The Morgan fingerprint density at radius 3 is 2.21 bits per heavy atom. The van der Waals surface area contributed by atoms with E-state index in [-0.39, 0.29) is 0 Å². The first-order valence-corrected chi connectivity index (χ1v) is 9.45. The highest BCUT2D eigenvalue weighted by Gasteiger charge is 2.09. The molecule has 3 aromatic rings. The Hall–Kier alpha value is -3.48. The normalized spacial score (nSPS) is 10.4. The maximum absolute atomic E-state index is 6.25. The van der Waals surface area contributed by atoms with Gasteiger partial charge in [0.15, 0.2) is 23.1 Å². The van der Waals surface area contributed by atoms with Crippen molar-refractivity contribution >= 4 is 17.3 Å². The number of ether oxygens (including phenoxy) is 2. The number of hydrogen-bond acceptors (Lipinski definition) is 7. The highest BCUT2D eigenvalue weighted by Crippen LogP contribution is 2.28. The zero-order chi connectivity index (χ0) is 20.6. The third kappa shape index (κ3) is 5.28. The molecule has 3 rings (SSSR count). The second-order valence-corrected chi connectivity index (χ2v) is 6.69. The maximum Gasteiger partial charge on any atom is 0.160 e. The van der Waals surface area contributed by atoms with Gasteiger partial charge in [0.2, 0.25) is 0 Å². The SMILES string of the molecule is COc1ccc(CCNc2ncnc(NCc3ccc(C)cc3)c2N)cc1OC. The summed E-state index contributed by atoms with van der Waals surface area (Å²) in [7, 11) is 3.26. The Morgan fingerprint density at radius 1 is 0.862 bits per heavy atom. The van der Waals surface area contributed by atoms with Crippen LogP contribution in [-0.2, 0) is 13.0 Å². The van der Waals surface area contributed by atoms with Crippen molar-refractivity contribution in [3.05, 3.63) is 65.5 Å². The predicted molar refractivity (Wildman–Crippen MR) is 117 cm³/mol. The number of rotatable bonds is 9. The van der Waals surface area contributed by atoms with Crippen LogP contribution in [0.2, 0.25) is 0 Å². The maximum atomic E-state index is 6.25. The lowest BCUT2D eigenvalue weighted by molar-refractivity contribution is 0.354. The molecule has 0 amide bonds. The van der Waals surface area contributed by atoms with Gasteiger partial charge in [0.25, 0.3) is 0 Å². The summed E-state index contributed by atoms with van der Waals surface area (Å²) < 4.78 is 10.6. The van der Waals surface area contributed by atoms with Crippen molar-refractivity contribution in [1.82, 2.24) is 9.97 Å². The van der Waals surface area contributed by atoms with Crippen molar-refractivity contribution in [1.29, 1.82) is 0 Å². The number of anilines is 3. The summed E-state index contributed by atoms with van der Waals surface area (Å²) in [5, 5.41) is 6.56. The molecular weight excluding hydrogens is 366 g/mol. The van der Waals surface area contributed by atoms with Gasteiger partial charge in [-0.2, -0.15) is 0 Å². The van der Waals surface area contributed by atoms with Crippen LogP contribution in [-0.4, -0.2) is 30.7 Å². The van der Waals surface area contributed by atoms with Gasteiger partial charge in [-0.1, -0.05) is 35.9 Å². The van der Waals surface area contributed by atoms with Crippen molar-refractivity contribution in [2.24, 2.45) is 0 Å². The van der Waals surface area contributed by atoms with Crippen LogP contribution in [0, 0.1) is 6.92 Å². The third-order valence-electron chi connectivity index (χ3n) is 4.62. The summed E-state index contributed by atoms with van der Waals surface area (Å²) >= 11 is 0. The van der Waals surface area contributed by atoms with Crippen LogP contribution in [0.15, 0.2) is 48.8 Å². The molecule has 4 N–H and O–H groups in total. The molecule has 0 atom stereocenters. The van der Waals surface area contributed by atoms with E-state index < -0.39 is 0 Å². The van der Waals surface area contributed by atoms with Gasteiger partial charge < -0.3 is 25.8 Å². The molecule has 0 aliphatic carbocycles. The molecule has 0 radical (unpaired) electrons. The van der Waals surface area contributed by atoms with Crippen LogP contribution in [0.3, 0.4) is 0 Å². The summed E-state index contributed by atoms with van der Waals surface area (Å²) in [5.41, 5.74) is 10.3. The molecular formula is C22H27N5O2. The van der Waals surface area contributed by atoms with E-state index in [2.05, 4.69) is 51.8 Å².